The van der Waals surface area contributed by atoms with E-state index in [1.165, 1.54) is 6.07 Å². The van der Waals surface area contributed by atoms with Gasteiger partial charge in [0.2, 0.25) is 0 Å². The molecule has 2 rings (SSSR count). The predicted molar refractivity (Wildman–Crippen MR) is 46.5 cm³/mol. The van der Waals surface area contributed by atoms with Crippen molar-refractivity contribution in [2.45, 2.75) is 24.8 Å². The summed E-state index contributed by atoms with van der Waals surface area (Å²) in [6, 6.07) is 6.31. The lowest BCUT2D eigenvalue weighted by Crippen LogP contribution is -2.27. The van der Waals surface area contributed by atoms with Gasteiger partial charge in [-0.1, -0.05) is 24.3 Å². The number of hydrogen-bond donors (Lipinski definition) is 1. The molecule has 1 nitrogen and oxygen atoms in total. The smallest absolute Gasteiger partial charge is 0.273 e. The van der Waals surface area contributed by atoms with Crippen molar-refractivity contribution in [3.63, 3.8) is 0 Å². The summed E-state index contributed by atoms with van der Waals surface area (Å²) in [7, 11) is 0. The summed E-state index contributed by atoms with van der Waals surface area (Å²) in [5, 5.41) is 0. The molecule has 1 aromatic carbocycles. The molecule has 3 heteroatoms. The van der Waals surface area contributed by atoms with Gasteiger partial charge in [-0.25, -0.2) is 8.78 Å². The molecule has 1 atom stereocenters. The van der Waals surface area contributed by atoms with Gasteiger partial charge >= 0.3 is 0 Å². The van der Waals surface area contributed by atoms with Crippen molar-refractivity contribution in [3.8, 4) is 0 Å². The summed E-state index contributed by atoms with van der Waals surface area (Å²) in [6.07, 6.45) is 0.231. The maximum Gasteiger partial charge on any atom is 0.273 e. The molecule has 13 heavy (non-hydrogen) atoms. The van der Waals surface area contributed by atoms with Gasteiger partial charge in [0.1, 0.15) is 0 Å². The first kappa shape index (κ1) is 8.63. The highest BCUT2D eigenvalue weighted by Gasteiger charge is 2.38. The lowest BCUT2D eigenvalue weighted by Gasteiger charge is -2.29. The number of halogens is 2. The third-order valence-corrected chi connectivity index (χ3v) is 2.52. The Morgan fingerprint density at radius 1 is 1.31 bits per heavy atom. The molecule has 0 amide bonds. The molecular weight excluding hydrogens is 172 g/mol. The van der Waals surface area contributed by atoms with Crippen LogP contribution in [0, 0.1) is 0 Å². The van der Waals surface area contributed by atoms with E-state index in [1.54, 1.807) is 18.2 Å². The molecule has 0 bridgehead atoms. The van der Waals surface area contributed by atoms with Crippen LogP contribution in [-0.4, -0.2) is 0 Å². The molecule has 1 unspecified atom stereocenters. The molecule has 0 radical (unpaired) electrons. The summed E-state index contributed by atoms with van der Waals surface area (Å²) >= 11 is 0. The molecule has 0 spiro atoms. The largest absolute Gasteiger partial charge is 0.324 e. The van der Waals surface area contributed by atoms with Gasteiger partial charge in [-0.3, -0.25) is 0 Å². The SMILES string of the molecule is NC1CCC(F)(F)c2ccccc21. The van der Waals surface area contributed by atoms with Crippen molar-refractivity contribution >= 4 is 0 Å². The van der Waals surface area contributed by atoms with Gasteiger partial charge in [0.15, 0.2) is 0 Å². The van der Waals surface area contributed by atoms with Crippen molar-refractivity contribution in [3.05, 3.63) is 35.4 Å². The number of hydrogen-bond acceptors (Lipinski definition) is 1. The molecule has 1 aromatic rings. The second kappa shape index (κ2) is 2.77. The minimum absolute atomic E-state index is 0.105. The van der Waals surface area contributed by atoms with E-state index in [0.717, 1.165) is 0 Å². The summed E-state index contributed by atoms with van der Waals surface area (Å²) in [5.74, 6) is -2.69. The molecule has 0 heterocycles. The van der Waals surface area contributed by atoms with Gasteiger partial charge in [-0.05, 0) is 12.0 Å². The Kier molecular flexibility index (Phi) is 1.84. The molecule has 2 N–H and O–H groups in total. The zero-order valence-electron chi connectivity index (χ0n) is 7.13. The molecule has 0 fully saturated rings. The minimum atomic E-state index is -2.69. The van der Waals surface area contributed by atoms with E-state index < -0.39 is 5.92 Å². The van der Waals surface area contributed by atoms with Gasteiger partial charge in [0.05, 0.1) is 0 Å². The topological polar surface area (TPSA) is 26.0 Å². The zero-order valence-corrected chi connectivity index (χ0v) is 7.13. The van der Waals surface area contributed by atoms with E-state index in [2.05, 4.69) is 0 Å². The quantitative estimate of drug-likeness (QED) is 0.657. The average molecular weight is 183 g/mol. The number of alkyl halides is 2. The van der Waals surface area contributed by atoms with E-state index in [-0.39, 0.29) is 18.0 Å². The normalized spacial score (nSPS) is 25.3. The Bertz CT molecular complexity index is 322. The summed E-state index contributed by atoms with van der Waals surface area (Å²) in [5.41, 5.74) is 6.44. The first-order chi connectivity index (χ1) is 6.11. The third kappa shape index (κ3) is 1.33. The van der Waals surface area contributed by atoms with Crippen LogP contribution in [0.4, 0.5) is 8.78 Å². The van der Waals surface area contributed by atoms with Gasteiger partial charge in [-0.15, -0.1) is 0 Å². The number of benzene rings is 1. The van der Waals surface area contributed by atoms with E-state index in [4.69, 9.17) is 5.73 Å². The Hall–Kier alpha value is -0.960. The third-order valence-electron chi connectivity index (χ3n) is 2.52. The Morgan fingerprint density at radius 3 is 2.69 bits per heavy atom. The molecule has 1 aliphatic carbocycles. The maximum absolute atomic E-state index is 13.3. The van der Waals surface area contributed by atoms with Crippen LogP contribution in [0.1, 0.15) is 30.0 Å². The highest BCUT2D eigenvalue weighted by atomic mass is 19.3. The molecule has 0 aliphatic heterocycles. The second-order valence-electron chi connectivity index (χ2n) is 3.44. The van der Waals surface area contributed by atoms with Crippen molar-refractivity contribution in [2.24, 2.45) is 5.73 Å². The number of nitrogens with two attached hydrogens (primary N) is 1. The van der Waals surface area contributed by atoms with Crippen LogP contribution in [0.15, 0.2) is 24.3 Å². The van der Waals surface area contributed by atoms with Crippen LogP contribution in [0.2, 0.25) is 0 Å². The van der Waals surface area contributed by atoms with E-state index in [0.29, 0.717) is 12.0 Å². The van der Waals surface area contributed by atoms with Crippen molar-refractivity contribution < 1.29 is 8.78 Å². The Labute approximate surface area is 75.6 Å². The van der Waals surface area contributed by atoms with Crippen LogP contribution in [0.5, 0.6) is 0 Å². The van der Waals surface area contributed by atoms with Gasteiger partial charge in [0, 0.05) is 18.0 Å². The minimum Gasteiger partial charge on any atom is -0.324 e. The Morgan fingerprint density at radius 2 is 2.00 bits per heavy atom. The highest BCUT2D eigenvalue weighted by molar-refractivity contribution is 5.35. The summed E-state index contributed by atoms with van der Waals surface area (Å²) < 4.78 is 26.6. The van der Waals surface area contributed by atoms with Gasteiger partial charge in [0.25, 0.3) is 5.92 Å². The van der Waals surface area contributed by atoms with Crippen LogP contribution in [0.25, 0.3) is 0 Å². The number of rotatable bonds is 0. The van der Waals surface area contributed by atoms with Crippen LogP contribution in [-0.2, 0) is 5.92 Å². The fraction of sp³-hybridized carbons (Fsp3) is 0.400. The fourth-order valence-corrected chi connectivity index (χ4v) is 1.78. The molecule has 1 aliphatic rings. The van der Waals surface area contributed by atoms with Crippen LogP contribution in [0.3, 0.4) is 0 Å². The summed E-state index contributed by atoms with van der Waals surface area (Å²) in [4.78, 5) is 0. The summed E-state index contributed by atoms with van der Waals surface area (Å²) in [6.45, 7) is 0. The lowest BCUT2D eigenvalue weighted by molar-refractivity contribution is -0.0250. The average Bonchev–Trinajstić information content (AvgIpc) is 2.13. The zero-order chi connectivity index (χ0) is 9.47. The van der Waals surface area contributed by atoms with Crippen LogP contribution >= 0.6 is 0 Å². The molecular formula is C10H11F2N. The van der Waals surface area contributed by atoms with Crippen molar-refractivity contribution in [2.75, 3.05) is 0 Å². The lowest BCUT2D eigenvalue weighted by atomic mass is 9.85. The molecule has 0 saturated carbocycles. The first-order valence-electron chi connectivity index (χ1n) is 4.34. The molecule has 0 aromatic heterocycles. The monoisotopic (exact) mass is 183 g/mol. The highest BCUT2D eigenvalue weighted by Crippen LogP contribution is 2.42. The standard InChI is InChI=1S/C10H11F2N/c11-10(12)6-5-9(13)7-3-1-2-4-8(7)10/h1-4,9H,5-6,13H2. The van der Waals surface area contributed by atoms with E-state index in [1.807, 2.05) is 0 Å². The van der Waals surface area contributed by atoms with E-state index >= 15 is 0 Å². The fourth-order valence-electron chi connectivity index (χ4n) is 1.78. The van der Waals surface area contributed by atoms with Gasteiger partial charge < -0.3 is 5.73 Å². The van der Waals surface area contributed by atoms with Crippen molar-refractivity contribution in [1.82, 2.24) is 0 Å². The number of fused-ring (bicyclic) bond motifs is 1. The van der Waals surface area contributed by atoms with Gasteiger partial charge in [-0.2, -0.15) is 0 Å². The molecule has 70 valence electrons. The predicted octanol–water partition coefficient (Wildman–Crippen LogP) is 2.57. The first-order valence-corrected chi connectivity index (χ1v) is 4.34. The van der Waals surface area contributed by atoms with Crippen molar-refractivity contribution in [1.29, 1.82) is 0 Å². The maximum atomic E-state index is 13.3. The Balaban J connectivity index is 2.55. The van der Waals surface area contributed by atoms with E-state index in [9.17, 15) is 8.78 Å². The molecule has 0 saturated heterocycles. The van der Waals surface area contributed by atoms with Crippen LogP contribution < -0.4 is 5.73 Å². The second-order valence-corrected chi connectivity index (χ2v) is 3.44.